The number of hydrogen-bond acceptors (Lipinski definition) is 2. The summed E-state index contributed by atoms with van der Waals surface area (Å²) in [6, 6.07) is 5.54. The van der Waals surface area contributed by atoms with Gasteiger partial charge in [-0.1, -0.05) is 0 Å². The van der Waals surface area contributed by atoms with E-state index in [4.69, 9.17) is 12.2 Å². The van der Waals surface area contributed by atoms with Gasteiger partial charge in [-0.25, -0.2) is 0 Å². The summed E-state index contributed by atoms with van der Waals surface area (Å²) in [5, 5.41) is -1.19. The van der Waals surface area contributed by atoms with Crippen molar-refractivity contribution in [2.24, 2.45) is 0 Å². The van der Waals surface area contributed by atoms with Crippen molar-refractivity contribution < 1.29 is 12.2 Å². The van der Waals surface area contributed by atoms with Crippen LogP contribution in [0.1, 0.15) is 9.67 Å². The Bertz CT molecular complexity index is 337. The van der Waals surface area contributed by atoms with Gasteiger partial charge in [-0.15, -0.1) is 0 Å². The maximum atomic E-state index is 7.57. The average Bonchev–Trinajstić information content (AvgIpc) is 2.15. The molecule has 0 saturated heterocycles. The summed E-state index contributed by atoms with van der Waals surface area (Å²) in [5.41, 5.74) is 0. The van der Waals surface area contributed by atoms with Crippen LogP contribution in [0.4, 0.5) is 0 Å². The number of ether oxygens (including phenoxy) is 2. The van der Waals surface area contributed by atoms with Gasteiger partial charge in [0, 0.05) is 0 Å². The Kier molecular flexibility index (Phi) is 3.06. The number of rotatable bonds is 4. The van der Waals surface area contributed by atoms with Crippen LogP contribution in [0.2, 0.25) is 5.27 Å². The predicted molar refractivity (Wildman–Crippen MR) is 55.4 cm³/mol. The maximum absolute atomic E-state index is 7.57. The molecular formula is C10H14O2Se. The molecule has 1 atom stereocenters. The second-order valence-electron chi connectivity index (χ2n) is 2.30. The van der Waals surface area contributed by atoms with Crippen molar-refractivity contribution in [1.82, 2.24) is 0 Å². The van der Waals surface area contributed by atoms with Crippen molar-refractivity contribution in [3.8, 4) is 11.5 Å². The topological polar surface area (TPSA) is 18.5 Å². The SMILES string of the molecule is [1H]C([2H])(C)[Se]c1cccc(OC)c1OC. The normalized spacial score (nSPS) is 16.8. The van der Waals surface area contributed by atoms with Gasteiger partial charge in [0.15, 0.2) is 0 Å². The zero-order chi connectivity index (χ0) is 11.5. The first-order valence-electron chi connectivity index (χ1n) is 4.88. The Morgan fingerprint density at radius 2 is 2.31 bits per heavy atom. The van der Waals surface area contributed by atoms with E-state index in [0.29, 0.717) is 11.5 Å². The summed E-state index contributed by atoms with van der Waals surface area (Å²) in [4.78, 5) is 0. The van der Waals surface area contributed by atoms with Gasteiger partial charge in [0.1, 0.15) is 0 Å². The van der Waals surface area contributed by atoms with Crippen LogP contribution in [0.5, 0.6) is 11.5 Å². The second kappa shape index (κ2) is 5.15. The van der Waals surface area contributed by atoms with Gasteiger partial charge in [0.2, 0.25) is 0 Å². The number of hydrogen-bond donors (Lipinski definition) is 0. The van der Waals surface area contributed by atoms with Crippen LogP contribution in [0.25, 0.3) is 0 Å². The summed E-state index contributed by atoms with van der Waals surface area (Å²) in [5.74, 6) is 1.30. The average molecular weight is 246 g/mol. The Morgan fingerprint density at radius 3 is 2.85 bits per heavy atom. The Labute approximate surface area is 88.2 Å². The van der Waals surface area contributed by atoms with Gasteiger partial charge >= 0.3 is 87.7 Å². The third-order valence-corrected chi connectivity index (χ3v) is 3.14. The van der Waals surface area contributed by atoms with E-state index in [1.54, 1.807) is 21.1 Å². The zero-order valence-electron chi connectivity index (χ0n) is 9.96. The third kappa shape index (κ3) is 2.39. The molecule has 0 aromatic heterocycles. The molecule has 0 N–H and O–H groups in total. The van der Waals surface area contributed by atoms with Gasteiger partial charge in [-0.3, -0.25) is 0 Å². The van der Waals surface area contributed by atoms with Crippen LogP contribution < -0.4 is 13.9 Å². The van der Waals surface area contributed by atoms with Crippen LogP contribution in [0.15, 0.2) is 18.2 Å². The molecule has 72 valence electrons. The first-order chi connectivity index (χ1) is 6.98. The van der Waals surface area contributed by atoms with Crippen LogP contribution in [0, 0.1) is 0 Å². The van der Waals surface area contributed by atoms with Gasteiger partial charge in [-0.2, -0.15) is 0 Å². The molecule has 13 heavy (non-hydrogen) atoms. The molecule has 0 bridgehead atoms. The summed E-state index contributed by atoms with van der Waals surface area (Å²) in [6.07, 6.45) is 0. The monoisotopic (exact) mass is 247 g/mol. The Balaban J connectivity index is 3.06. The fourth-order valence-electron chi connectivity index (χ4n) is 1.05. The number of benzene rings is 1. The molecule has 1 unspecified atom stereocenters. The van der Waals surface area contributed by atoms with E-state index in [9.17, 15) is 0 Å². The molecule has 2 nitrogen and oxygen atoms in total. The molecule has 0 heterocycles. The van der Waals surface area contributed by atoms with E-state index >= 15 is 0 Å². The van der Waals surface area contributed by atoms with Crippen LogP contribution in [0.3, 0.4) is 0 Å². The van der Waals surface area contributed by atoms with Gasteiger partial charge < -0.3 is 0 Å². The van der Waals surface area contributed by atoms with Crippen LogP contribution in [-0.2, 0) is 0 Å². The number of para-hydroxylation sites is 1. The van der Waals surface area contributed by atoms with E-state index in [1.807, 2.05) is 18.2 Å². The van der Waals surface area contributed by atoms with Crippen LogP contribution >= 0.6 is 0 Å². The quantitative estimate of drug-likeness (QED) is 0.749. The first-order valence-corrected chi connectivity index (χ1v) is 5.59. The van der Waals surface area contributed by atoms with E-state index in [-0.39, 0.29) is 15.0 Å². The van der Waals surface area contributed by atoms with E-state index < -0.39 is 5.27 Å². The first kappa shape index (κ1) is 7.72. The van der Waals surface area contributed by atoms with Gasteiger partial charge in [-0.05, 0) is 0 Å². The molecule has 3 heteroatoms. The molecule has 1 aromatic rings. The molecule has 0 aliphatic carbocycles. The van der Waals surface area contributed by atoms with Crippen molar-refractivity contribution in [3.05, 3.63) is 18.2 Å². The minimum absolute atomic E-state index is 0.285. The fourth-order valence-corrected chi connectivity index (χ4v) is 2.40. The van der Waals surface area contributed by atoms with Gasteiger partial charge in [0.05, 0.1) is 0 Å². The standard InChI is InChI=1S/C10H14O2Se/c1-4-13-9-7-5-6-8(11-2)10(9)12-3/h5-7H,4H2,1-3H3/i4DH. The summed E-state index contributed by atoms with van der Waals surface area (Å²) in [6.45, 7) is 1.58. The molecular weight excluding hydrogens is 231 g/mol. The van der Waals surface area contributed by atoms with Crippen molar-refractivity contribution in [3.63, 3.8) is 0 Å². The van der Waals surface area contributed by atoms with Crippen molar-refractivity contribution in [2.75, 3.05) is 14.2 Å². The minimum atomic E-state index is -1.19. The van der Waals surface area contributed by atoms with E-state index in [1.165, 1.54) is 0 Å². The summed E-state index contributed by atoms with van der Waals surface area (Å²) >= 11 is -0.285. The summed E-state index contributed by atoms with van der Waals surface area (Å²) < 4.78 is 26.4. The fraction of sp³-hybridized carbons (Fsp3) is 0.400. The molecule has 1 rings (SSSR count). The third-order valence-electron chi connectivity index (χ3n) is 1.58. The molecule has 0 spiro atoms. The van der Waals surface area contributed by atoms with Crippen LogP contribution in [-0.4, -0.2) is 29.2 Å². The van der Waals surface area contributed by atoms with Gasteiger partial charge in [0.25, 0.3) is 0 Å². The number of methoxy groups -OCH3 is 2. The van der Waals surface area contributed by atoms with Crippen molar-refractivity contribution in [1.29, 1.82) is 0 Å². The second-order valence-corrected chi connectivity index (χ2v) is 4.51. The molecule has 0 fully saturated rings. The van der Waals surface area contributed by atoms with Crippen molar-refractivity contribution in [2.45, 2.75) is 12.2 Å². The summed E-state index contributed by atoms with van der Waals surface area (Å²) in [7, 11) is 3.15. The zero-order valence-corrected chi connectivity index (χ0v) is 9.67. The molecule has 0 amide bonds. The van der Waals surface area contributed by atoms with E-state index in [0.717, 1.165) is 4.46 Å². The molecule has 0 aliphatic rings. The molecule has 0 saturated carbocycles. The Morgan fingerprint density at radius 1 is 1.54 bits per heavy atom. The van der Waals surface area contributed by atoms with E-state index in [2.05, 4.69) is 0 Å². The molecule has 1 aromatic carbocycles. The predicted octanol–water partition coefficient (Wildman–Crippen LogP) is 1.47. The van der Waals surface area contributed by atoms with Crippen molar-refractivity contribution >= 4 is 19.4 Å². The molecule has 0 aliphatic heterocycles. The molecule has 0 radical (unpaired) electrons. The Hall–Kier alpha value is -0.661.